The van der Waals surface area contributed by atoms with Crippen LogP contribution < -0.4 is 5.43 Å². The predicted molar refractivity (Wildman–Crippen MR) is 105 cm³/mol. The number of pyridine rings is 1. The summed E-state index contributed by atoms with van der Waals surface area (Å²) in [6, 6.07) is 9.54. The minimum atomic E-state index is 0.107. The maximum Gasteiger partial charge on any atom is 0.190 e. The lowest BCUT2D eigenvalue weighted by molar-refractivity contribution is 0.578. The van der Waals surface area contributed by atoms with Gasteiger partial charge in [0.15, 0.2) is 5.43 Å². The number of nitrogens with zero attached hydrogens (tertiary/aromatic N) is 1. The van der Waals surface area contributed by atoms with Crippen molar-refractivity contribution in [2.24, 2.45) is 7.05 Å². The monoisotopic (exact) mass is 325 g/mol. The fourth-order valence-electron chi connectivity index (χ4n) is 3.18. The van der Waals surface area contributed by atoms with Crippen LogP contribution >= 0.6 is 0 Å². The van der Waals surface area contributed by atoms with Gasteiger partial charge in [-0.15, -0.1) is 0 Å². The number of hydrogen-bond donors (Lipinski definition) is 0. The minimum Gasteiger partial charge on any atom is -0.344 e. The second-order valence-corrected chi connectivity index (χ2v) is 6.68. The van der Waals surface area contributed by atoms with Crippen LogP contribution in [0.5, 0.6) is 0 Å². The molecule has 2 heteroatoms. The molecule has 0 atom stereocenters. The van der Waals surface area contributed by atoms with Crippen molar-refractivity contribution in [2.45, 2.75) is 64.7 Å². The van der Waals surface area contributed by atoms with Crippen LogP contribution in [0.4, 0.5) is 0 Å². The van der Waals surface area contributed by atoms with Crippen molar-refractivity contribution in [2.75, 3.05) is 0 Å². The van der Waals surface area contributed by atoms with E-state index in [0.717, 1.165) is 23.0 Å². The van der Waals surface area contributed by atoms with Crippen molar-refractivity contribution in [3.05, 3.63) is 52.3 Å². The van der Waals surface area contributed by atoms with E-state index in [9.17, 15) is 4.79 Å². The first-order valence-electron chi connectivity index (χ1n) is 9.49. The molecule has 2 nitrogen and oxygen atoms in total. The molecule has 0 spiro atoms. The zero-order chi connectivity index (χ0) is 17.2. The summed E-state index contributed by atoms with van der Waals surface area (Å²) in [5, 5.41) is 0.792. The van der Waals surface area contributed by atoms with Crippen LogP contribution in [0.2, 0.25) is 0 Å². The molecule has 0 aliphatic rings. The van der Waals surface area contributed by atoms with Gasteiger partial charge in [-0.1, -0.05) is 70.1 Å². The smallest absolute Gasteiger partial charge is 0.190 e. The van der Waals surface area contributed by atoms with Gasteiger partial charge in [0, 0.05) is 24.2 Å². The quantitative estimate of drug-likeness (QED) is 0.485. The van der Waals surface area contributed by atoms with Crippen LogP contribution in [-0.4, -0.2) is 4.57 Å². The van der Waals surface area contributed by atoms with Gasteiger partial charge in [-0.3, -0.25) is 4.79 Å². The summed E-state index contributed by atoms with van der Waals surface area (Å²) in [4.78, 5) is 12.2. The molecule has 0 aliphatic heterocycles. The molecule has 1 heterocycles. The zero-order valence-corrected chi connectivity index (χ0v) is 15.3. The van der Waals surface area contributed by atoms with Crippen molar-refractivity contribution in [3.8, 4) is 0 Å². The van der Waals surface area contributed by atoms with Gasteiger partial charge in [-0.2, -0.15) is 0 Å². The van der Waals surface area contributed by atoms with Crippen LogP contribution in [0, 0.1) is 0 Å². The van der Waals surface area contributed by atoms with Gasteiger partial charge in [-0.25, -0.2) is 0 Å². The molecule has 0 amide bonds. The number of fused-ring (bicyclic) bond motifs is 1. The lowest BCUT2D eigenvalue weighted by Gasteiger charge is -2.09. The molecule has 2 aromatic rings. The molecule has 1 aromatic heterocycles. The van der Waals surface area contributed by atoms with Crippen molar-refractivity contribution in [1.82, 2.24) is 4.57 Å². The highest BCUT2D eigenvalue weighted by molar-refractivity contribution is 5.80. The molecular formula is C22H31NO. The topological polar surface area (TPSA) is 22.0 Å². The van der Waals surface area contributed by atoms with E-state index in [-0.39, 0.29) is 5.43 Å². The van der Waals surface area contributed by atoms with E-state index >= 15 is 0 Å². The number of unbranched alkanes of at least 4 members (excludes halogenated alkanes) is 8. The van der Waals surface area contributed by atoms with E-state index < -0.39 is 0 Å². The first-order valence-corrected chi connectivity index (χ1v) is 9.49. The second kappa shape index (κ2) is 10.1. The third kappa shape index (κ3) is 5.36. The number of rotatable bonds is 10. The van der Waals surface area contributed by atoms with Crippen LogP contribution in [0.25, 0.3) is 17.0 Å². The Morgan fingerprint density at radius 2 is 1.62 bits per heavy atom. The summed E-state index contributed by atoms with van der Waals surface area (Å²) in [7, 11) is 2.03. The SMILES string of the molecule is CCCCCCCCCC/C=C/c1cc(=O)c2ccccc2n1C. The second-order valence-electron chi connectivity index (χ2n) is 6.68. The number of benzene rings is 1. The summed E-state index contributed by atoms with van der Waals surface area (Å²) >= 11 is 0. The molecule has 2 rings (SSSR count). The minimum absolute atomic E-state index is 0.107. The molecular weight excluding hydrogens is 294 g/mol. The standard InChI is InChI=1S/C22H31NO/c1-3-4-5-6-7-8-9-10-11-12-15-19-18-22(24)20-16-13-14-17-21(20)23(19)2/h12-18H,3-11H2,1-2H3/b15-12+. The third-order valence-corrected chi connectivity index (χ3v) is 4.71. The highest BCUT2D eigenvalue weighted by Crippen LogP contribution is 2.13. The Morgan fingerprint density at radius 1 is 0.958 bits per heavy atom. The summed E-state index contributed by atoms with van der Waals surface area (Å²) < 4.78 is 2.10. The summed E-state index contributed by atoms with van der Waals surface area (Å²) in [5.41, 5.74) is 2.09. The van der Waals surface area contributed by atoms with E-state index in [1.54, 1.807) is 6.07 Å². The van der Waals surface area contributed by atoms with E-state index in [4.69, 9.17) is 0 Å². The van der Waals surface area contributed by atoms with Crippen molar-refractivity contribution < 1.29 is 0 Å². The number of aryl methyl sites for hydroxylation is 1. The molecule has 0 unspecified atom stereocenters. The molecule has 0 fully saturated rings. The van der Waals surface area contributed by atoms with Gasteiger partial charge in [0.05, 0.1) is 5.52 Å². The highest BCUT2D eigenvalue weighted by Gasteiger charge is 2.03. The molecule has 0 saturated carbocycles. The van der Waals surface area contributed by atoms with Gasteiger partial charge in [0.1, 0.15) is 0 Å². The van der Waals surface area contributed by atoms with E-state index in [1.807, 2.05) is 31.3 Å². The maximum absolute atomic E-state index is 12.2. The average molecular weight is 325 g/mol. The first kappa shape index (κ1) is 18.5. The van der Waals surface area contributed by atoms with E-state index in [2.05, 4.69) is 23.6 Å². The molecule has 0 radical (unpaired) electrons. The normalized spacial score (nSPS) is 11.6. The highest BCUT2D eigenvalue weighted by atomic mass is 16.1. The zero-order valence-electron chi connectivity index (χ0n) is 15.3. The number of aromatic nitrogens is 1. The number of hydrogen-bond acceptors (Lipinski definition) is 1. The molecule has 0 bridgehead atoms. The summed E-state index contributed by atoms with van der Waals surface area (Å²) in [6.07, 6.45) is 16.2. The first-order chi connectivity index (χ1) is 11.7. The Bertz CT molecular complexity index is 711. The van der Waals surface area contributed by atoms with Gasteiger partial charge >= 0.3 is 0 Å². The van der Waals surface area contributed by atoms with Crippen LogP contribution in [0.3, 0.4) is 0 Å². The van der Waals surface area contributed by atoms with Gasteiger partial charge < -0.3 is 4.57 Å². The third-order valence-electron chi connectivity index (χ3n) is 4.71. The molecule has 1 aromatic carbocycles. The Morgan fingerprint density at radius 3 is 2.38 bits per heavy atom. The summed E-state index contributed by atoms with van der Waals surface area (Å²) in [6.45, 7) is 2.26. The van der Waals surface area contributed by atoms with Gasteiger partial charge in [-0.05, 0) is 31.1 Å². The van der Waals surface area contributed by atoms with Gasteiger partial charge in [0.2, 0.25) is 0 Å². The Labute approximate surface area is 146 Å². The fraction of sp³-hybridized carbons (Fsp3) is 0.500. The van der Waals surface area contributed by atoms with E-state index in [1.165, 1.54) is 51.4 Å². The van der Waals surface area contributed by atoms with Crippen LogP contribution in [0.15, 0.2) is 41.2 Å². The lowest BCUT2D eigenvalue weighted by atomic mass is 10.1. The molecule has 24 heavy (non-hydrogen) atoms. The molecule has 130 valence electrons. The molecule has 0 saturated heterocycles. The maximum atomic E-state index is 12.2. The van der Waals surface area contributed by atoms with E-state index in [0.29, 0.717) is 0 Å². The largest absolute Gasteiger partial charge is 0.344 e. The summed E-state index contributed by atoms with van der Waals surface area (Å²) in [5.74, 6) is 0. The van der Waals surface area contributed by atoms with Crippen molar-refractivity contribution in [3.63, 3.8) is 0 Å². The predicted octanol–water partition coefficient (Wildman–Crippen LogP) is 6.08. The number of allylic oxidation sites excluding steroid dienone is 1. The van der Waals surface area contributed by atoms with Gasteiger partial charge in [0.25, 0.3) is 0 Å². The van der Waals surface area contributed by atoms with Crippen LogP contribution in [-0.2, 0) is 7.05 Å². The van der Waals surface area contributed by atoms with Crippen LogP contribution in [0.1, 0.15) is 70.4 Å². The number of para-hydroxylation sites is 1. The average Bonchev–Trinajstić information content (AvgIpc) is 2.60. The van der Waals surface area contributed by atoms with Crippen molar-refractivity contribution in [1.29, 1.82) is 0 Å². The molecule has 0 aliphatic carbocycles. The lowest BCUT2D eigenvalue weighted by Crippen LogP contribution is -2.08. The van der Waals surface area contributed by atoms with Crippen molar-refractivity contribution >= 4 is 17.0 Å². The Kier molecular flexibility index (Phi) is 7.81. The Hall–Kier alpha value is -1.83. The fourth-order valence-corrected chi connectivity index (χ4v) is 3.18. The Balaban J connectivity index is 1.80. The molecule has 0 N–H and O–H groups in total.